The van der Waals surface area contributed by atoms with Crippen molar-refractivity contribution in [2.75, 3.05) is 11.3 Å². The maximum atomic E-state index is 12.7. The molecule has 0 unspecified atom stereocenters. The first-order valence-corrected chi connectivity index (χ1v) is 9.42. The highest BCUT2D eigenvalue weighted by molar-refractivity contribution is 7.92. The molecule has 27 heavy (non-hydrogen) atoms. The monoisotopic (exact) mass is 387 g/mol. The predicted octanol–water partition coefficient (Wildman–Crippen LogP) is 1.85. The molecule has 3 rings (SSSR count). The molecule has 2 aromatic carbocycles. The Kier molecular flexibility index (Phi) is 4.87. The minimum Gasteiger partial charge on any atom is -0.408 e. The fraction of sp³-hybridized carbons (Fsp3) is 0.111. The van der Waals surface area contributed by atoms with Crippen LogP contribution >= 0.6 is 0 Å². The maximum Gasteiger partial charge on any atom is 0.419 e. The van der Waals surface area contributed by atoms with Crippen LogP contribution in [0.5, 0.6) is 0 Å². The van der Waals surface area contributed by atoms with Crippen molar-refractivity contribution in [3.05, 3.63) is 71.2 Å². The molecule has 0 radical (unpaired) electrons. The van der Waals surface area contributed by atoms with Crippen molar-refractivity contribution in [3.8, 4) is 0 Å². The molecule has 2 N–H and O–H groups in total. The quantitative estimate of drug-likeness (QED) is 0.627. The van der Waals surface area contributed by atoms with E-state index in [4.69, 9.17) is 4.42 Å². The van der Waals surface area contributed by atoms with Gasteiger partial charge in [-0.2, -0.15) is 0 Å². The number of fused-ring (bicyclic) bond motifs is 1. The van der Waals surface area contributed by atoms with E-state index in [2.05, 4.69) is 16.6 Å². The van der Waals surface area contributed by atoms with Gasteiger partial charge in [-0.25, -0.2) is 13.2 Å². The van der Waals surface area contributed by atoms with Crippen LogP contribution in [0, 0.1) is 0 Å². The van der Waals surface area contributed by atoms with E-state index in [0.29, 0.717) is 5.52 Å². The zero-order valence-corrected chi connectivity index (χ0v) is 15.2. The van der Waals surface area contributed by atoms with Crippen LogP contribution in [0.1, 0.15) is 10.4 Å². The molecule has 0 saturated heterocycles. The van der Waals surface area contributed by atoms with E-state index in [1.807, 2.05) is 0 Å². The molecule has 0 saturated carbocycles. The summed E-state index contributed by atoms with van der Waals surface area (Å²) in [6, 6.07) is 10.3. The van der Waals surface area contributed by atoms with Crippen molar-refractivity contribution in [2.45, 2.75) is 4.90 Å². The van der Waals surface area contributed by atoms with Crippen molar-refractivity contribution in [1.82, 2.24) is 9.88 Å². The number of hydrogen-bond donors (Lipinski definition) is 2. The van der Waals surface area contributed by atoms with E-state index >= 15 is 0 Å². The summed E-state index contributed by atoms with van der Waals surface area (Å²) < 4.78 is 34.2. The number of hydrogen-bond acceptors (Lipinski definition) is 5. The van der Waals surface area contributed by atoms with Crippen molar-refractivity contribution in [2.24, 2.45) is 7.05 Å². The van der Waals surface area contributed by atoms with E-state index in [0.717, 1.165) is 0 Å². The fourth-order valence-corrected chi connectivity index (χ4v) is 3.61. The molecule has 9 heteroatoms. The summed E-state index contributed by atoms with van der Waals surface area (Å²) in [5.74, 6) is -1.02. The maximum absolute atomic E-state index is 12.7. The number of aryl methyl sites for hydroxylation is 1. The Morgan fingerprint density at radius 1 is 1.26 bits per heavy atom. The highest BCUT2D eigenvalue weighted by Crippen LogP contribution is 2.23. The van der Waals surface area contributed by atoms with Crippen LogP contribution < -0.4 is 15.8 Å². The molecule has 0 aliphatic rings. The van der Waals surface area contributed by atoms with E-state index in [-0.39, 0.29) is 28.3 Å². The molecule has 0 spiro atoms. The second-order valence-corrected chi connectivity index (χ2v) is 7.39. The van der Waals surface area contributed by atoms with Gasteiger partial charge in [-0.3, -0.25) is 14.1 Å². The molecule has 1 amide bonds. The van der Waals surface area contributed by atoms with Gasteiger partial charge in [-0.05, 0) is 24.3 Å². The summed E-state index contributed by atoms with van der Waals surface area (Å²) in [5, 5.41) is 2.60. The molecule has 140 valence electrons. The van der Waals surface area contributed by atoms with Gasteiger partial charge in [0.2, 0.25) is 0 Å². The molecule has 3 aromatic rings. The summed E-state index contributed by atoms with van der Waals surface area (Å²) in [7, 11) is -2.48. The van der Waals surface area contributed by atoms with E-state index in [9.17, 15) is 18.0 Å². The molecule has 1 aromatic heterocycles. The third kappa shape index (κ3) is 3.63. The van der Waals surface area contributed by atoms with Crippen LogP contribution in [-0.4, -0.2) is 25.4 Å². The van der Waals surface area contributed by atoms with Crippen molar-refractivity contribution >= 4 is 32.7 Å². The molecule has 0 atom stereocenters. The summed E-state index contributed by atoms with van der Waals surface area (Å²) in [5.41, 5.74) is 0.939. The average molecular weight is 387 g/mol. The Morgan fingerprint density at radius 3 is 2.74 bits per heavy atom. The van der Waals surface area contributed by atoms with Gasteiger partial charge in [0.25, 0.3) is 15.9 Å². The van der Waals surface area contributed by atoms with Crippen molar-refractivity contribution < 1.29 is 17.6 Å². The number of benzene rings is 2. The van der Waals surface area contributed by atoms with Crippen LogP contribution in [0.4, 0.5) is 5.69 Å². The van der Waals surface area contributed by atoms with Crippen LogP contribution in [0.25, 0.3) is 11.1 Å². The lowest BCUT2D eigenvalue weighted by molar-refractivity contribution is 0.0959. The first-order valence-electron chi connectivity index (χ1n) is 7.94. The number of nitrogens with one attached hydrogen (secondary N) is 2. The van der Waals surface area contributed by atoms with Gasteiger partial charge in [0, 0.05) is 19.7 Å². The van der Waals surface area contributed by atoms with Crippen LogP contribution in [0.2, 0.25) is 0 Å². The molecule has 0 bridgehead atoms. The van der Waals surface area contributed by atoms with Gasteiger partial charge < -0.3 is 9.73 Å². The Hall–Kier alpha value is -3.33. The molecular formula is C18H17N3O5S. The average Bonchev–Trinajstić information content (AvgIpc) is 2.93. The minimum absolute atomic E-state index is 0.0920. The van der Waals surface area contributed by atoms with Gasteiger partial charge in [-0.15, -0.1) is 6.58 Å². The Morgan fingerprint density at radius 2 is 2.00 bits per heavy atom. The Labute approximate surface area is 155 Å². The normalized spacial score (nSPS) is 11.3. The number of anilines is 1. The second-order valence-electron chi connectivity index (χ2n) is 5.71. The number of carbonyl (C=O) groups excluding carboxylic acids is 1. The van der Waals surface area contributed by atoms with Crippen LogP contribution in [0.15, 0.2) is 69.2 Å². The number of rotatable bonds is 6. The lowest BCUT2D eigenvalue weighted by Gasteiger charge is -2.12. The lowest BCUT2D eigenvalue weighted by Crippen LogP contribution is -2.25. The van der Waals surface area contributed by atoms with Crippen LogP contribution in [0.3, 0.4) is 0 Å². The van der Waals surface area contributed by atoms with Gasteiger partial charge in [0.15, 0.2) is 5.58 Å². The fourth-order valence-electron chi connectivity index (χ4n) is 2.52. The van der Waals surface area contributed by atoms with Gasteiger partial charge in [0.05, 0.1) is 21.7 Å². The van der Waals surface area contributed by atoms with E-state index in [1.54, 1.807) is 12.1 Å². The second kappa shape index (κ2) is 7.12. The summed E-state index contributed by atoms with van der Waals surface area (Å²) in [6.45, 7) is 3.78. The summed E-state index contributed by atoms with van der Waals surface area (Å²) in [6.07, 6.45) is 1.52. The lowest BCUT2D eigenvalue weighted by atomic mass is 10.1. The Balaban J connectivity index is 1.97. The molecule has 0 aliphatic heterocycles. The number of amides is 1. The Bertz CT molecular complexity index is 1190. The summed E-state index contributed by atoms with van der Waals surface area (Å²) in [4.78, 5) is 23.7. The highest BCUT2D eigenvalue weighted by atomic mass is 32.2. The smallest absolute Gasteiger partial charge is 0.408 e. The number of sulfonamides is 1. The molecule has 8 nitrogen and oxygen atoms in total. The third-order valence-corrected chi connectivity index (χ3v) is 5.26. The third-order valence-electron chi connectivity index (χ3n) is 3.90. The van der Waals surface area contributed by atoms with Crippen LogP contribution in [-0.2, 0) is 17.1 Å². The SMILES string of the molecule is C=CCNC(=O)c1ccccc1NS(=O)(=O)c1ccc2c(c1)oc(=O)n2C. The minimum atomic E-state index is -4.01. The topological polar surface area (TPSA) is 110 Å². The molecule has 0 fully saturated rings. The summed E-state index contributed by atoms with van der Waals surface area (Å²) >= 11 is 0. The van der Waals surface area contributed by atoms with E-state index in [1.165, 1.54) is 48.0 Å². The zero-order chi connectivity index (χ0) is 19.6. The van der Waals surface area contributed by atoms with Gasteiger partial charge in [0.1, 0.15) is 0 Å². The first kappa shape index (κ1) is 18.5. The first-order chi connectivity index (χ1) is 12.8. The number of nitrogens with zero attached hydrogens (tertiary/aromatic N) is 1. The number of carbonyl (C=O) groups is 1. The van der Waals surface area contributed by atoms with Crippen molar-refractivity contribution in [1.29, 1.82) is 0 Å². The number of para-hydroxylation sites is 1. The number of aromatic nitrogens is 1. The largest absolute Gasteiger partial charge is 0.419 e. The standard InChI is InChI=1S/C18H17N3O5S/c1-3-10-19-17(22)13-6-4-5-7-14(13)20-27(24,25)12-8-9-15-16(11-12)26-18(23)21(15)2/h3-9,11,20H,1,10H2,2H3,(H,19,22). The molecule has 1 heterocycles. The zero-order valence-electron chi connectivity index (χ0n) is 14.4. The predicted molar refractivity (Wildman–Crippen MR) is 101 cm³/mol. The van der Waals surface area contributed by atoms with Gasteiger partial charge in [-0.1, -0.05) is 18.2 Å². The highest BCUT2D eigenvalue weighted by Gasteiger charge is 2.20. The number of oxazole rings is 1. The molecule has 0 aliphatic carbocycles. The van der Waals surface area contributed by atoms with E-state index < -0.39 is 21.7 Å². The molecular weight excluding hydrogens is 370 g/mol. The van der Waals surface area contributed by atoms with Crippen molar-refractivity contribution in [3.63, 3.8) is 0 Å². The van der Waals surface area contributed by atoms with Gasteiger partial charge >= 0.3 is 5.76 Å².